The van der Waals surface area contributed by atoms with Gasteiger partial charge in [-0.1, -0.05) is 12.1 Å². The summed E-state index contributed by atoms with van der Waals surface area (Å²) in [5.74, 6) is 0. The minimum Gasteiger partial charge on any atom is -0.327 e. The van der Waals surface area contributed by atoms with Gasteiger partial charge in [-0.05, 0) is 17.7 Å². The predicted octanol–water partition coefficient (Wildman–Crippen LogP) is 3.41. The van der Waals surface area contributed by atoms with Crippen LogP contribution in [0.25, 0.3) is 0 Å². The summed E-state index contributed by atoms with van der Waals surface area (Å²) in [5, 5.41) is 0. The first kappa shape index (κ1) is 14.3. The van der Waals surface area contributed by atoms with Crippen LogP contribution < -0.4 is 5.73 Å². The molecule has 0 spiro atoms. The van der Waals surface area contributed by atoms with E-state index in [0.29, 0.717) is 0 Å². The SMILES string of the molecule is Cl.NC1CC(F)(c2ccc(C(F)(F)F)cc2)C1. The summed E-state index contributed by atoms with van der Waals surface area (Å²) in [4.78, 5) is 0. The first-order valence-corrected chi connectivity index (χ1v) is 4.93. The maximum Gasteiger partial charge on any atom is 0.416 e. The van der Waals surface area contributed by atoms with Crippen molar-refractivity contribution in [1.82, 2.24) is 0 Å². The van der Waals surface area contributed by atoms with Crippen LogP contribution in [0.1, 0.15) is 24.0 Å². The monoisotopic (exact) mass is 269 g/mol. The first-order chi connectivity index (χ1) is 7.31. The molecule has 1 aliphatic rings. The molecule has 0 radical (unpaired) electrons. The Morgan fingerprint density at radius 3 is 1.94 bits per heavy atom. The Morgan fingerprint density at radius 1 is 1.12 bits per heavy atom. The van der Waals surface area contributed by atoms with Crippen LogP contribution in [-0.4, -0.2) is 6.04 Å². The summed E-state index contributed by atoms with van der Waals surface area (Å²) >= 11 is 0. The van der Waals surface area contributed by atoms with Crippen LogP contribution in [-0.2, 0) is 11.8 Å². The van der Waals surface area contributed by atoms with Gasteiger partial charge in [-0.3, -0.25) is 0 Å². The lowest BCUT2D eigenvalue weighted by Gasteiger charge is -2.39. The molecule has 1 aromatic rings. The summed E-state index contributed by atoms with van der Waals surface area (Å²) in [6, 6.07) is 4.00. The Balaban J connectivity index is 0.00000144. The molecule has 1 nitrogen and oxygen atoms in total. The van der Waals surface area contributed by atoms with Crippen LogP contribution in [0.4, 0.5) is 17.6 Å². The zero-order chi connectivity index (χ0) is 12.0. The molecule has 1 aliphatic carbocycles. The summed E-state index contributed by atoms with van der Waals surface area (Å²) in [7, 11) is 0. The lowest BCUT2D eigenvalue weighted by molar-refractivity contribution is -0.137. The van der Waals surface area contributed by atoms with E-state index in [1.54, 1.807) is 0 Å². The van der Waals surface area contributed by atoms with Crippen LogP contribution in [0.3, 0.4) is 0 Å². The largest absolute Gasteiger partial charge is 0.416 e. The van der Waals surface area contributed by atoms with Gasteiger partial charge in [0.1, 0.15) is 5.67 Å². The maximum atomic E-state index is 14.0. The lowest BCUT2D eigenvalue weighted by atomic mass is 9.73. The zero-order valence-corrected chi connectivity index (χ0v) is 9.61. The van der Waals surface area contributed by atoms with Gasteiger partial charge in [0.25, 0.3) is 0 Å². The van der Waals surface area contributed by atoms with Gasteiger partial charge in [-0.25, -0.2) is 4.39 Å². The fourth-order valence-electron chi connectivity index (χ4n) is 1.96. The molecule has 1 aromatic carbocycles. The Hall–Kier alpha value is -0.810. The molecule has 0 saturated heterocycles. The molecule has 1 saturated carbocycles. The summed E-state index contributed by atoms with van der Waals surface area (Å²) in [6.45, 7) is 0. The van der Waals surface area contributed by atoms with Crippen LogP contribution in [0, 0.1) is 0 Å². The van der Waals surface area contributed by atoms with Crippen LogP contribution >= 0.6 is 12.4 Å². The molecule has 2 rings (SSSR count). The Bertz CT molecular complexity index is 381. The normalized spacial score (nSPS) is 28.2. The van der Waals surface area contributed by atoms with Gasteiger partial charge in [-0.15, -0.1) is 12.4 Å². The number of hydrogen-bond donors (Lipinski definition) is 1. The van der Waals surface area contributed by atoms with Crippen LogP contribution in [0.15, 0.2) is 24.3 Å². The Morgan fingerprint density at radius 2 is 1.59 bits per heavy atom. The third kappa shape index (κ3) is 2.72. The second-order valence-corrected chi connectivity index (χ2v) is 4.21. The van der Waals surface area contributed by atoms with Crippen molar-refractivity contribution in [3.05, 3.63) is 35.4 Å². The Kier molecular flexibility index (Phi) is 3.74. The van der Waals surface area contributed by atoms with E-state index in [0.717, 1.165) is 12.1 Å². The number of benzene rings is 1. The molecule has 0 aliphatic heterocycles. The molecule has 2 N–H and O–H groups in total. The van der Waals surface area contributed by atoms with Crippen LogP contribution in [0.2, 0.25) is 0 Å². The van der Waals surface area contributed by atoms with Gasteiger partial charge < -0.3 is 5.73 Å². The zero-order valence-electron chi connectivity index (χ0n) is 8.80. The highest BCUT2D eigenvalue weighted by Gasteiger charge is 2.44. The van der Waals surface area contributed by atoms with Gasteiger partial charge in [0.05, 0.1) is 5.56 Å². The van der Waals surface area contributed by atoms with Crippen molar-refractivity contribution >= 4 is 12.4 Å². The quantitative estimate of drug-likeness (QED) is 0.777. The van der Waals surface area contributed by atoms with E-state index in [4.69, 9.17) is 5.73 Å². The number of halogens is 5. The van der Waals surface area contributed by atoms with E-state index in [2.05, 4.69) is 0 Å². The fraction of sp³-hybridized carbons (Fsp3) is 0.455. The minimum absolute atomic E-state index is 0. The Labute approximate surface area is 102 Å². The van der Waals surface area contributed by atoms with E-state index < -0.39 is 17.4 Å². The molecule has 1 fully saturated rings. The minimum atomic E-state index is -4.38. The first-order valence-electron chi connectivity index (χ1n) is 4.93. The predicted molar refractivity (Wildman–Crippen MR) is 58.7 cm³/mol. The highest BCUT2D eigenvalue weighted by molar-refractivity contribution is 5.85. The standard InChI is InChI=1S/C11H11F4N.ClH/c12-10(5-9(16)6-10)7-1-3-8(4-2-7)11(13,14)15;/h1-4,9H,5-6,16H2;1H. The average molecular weight is 270 g/mol. The van der Waals surface area contributed by atoms with Crippen molar-refractivity contribution in [1.29, 1.82) is 0 Å². The number of rotatable bonds is 1. The lowest BCUT2D eigenvalue weighted by Crippen LogP contribution is -2.46. The van der Waals surface area contributed by atoms with Crippen molar-refractivity contribution in [3.8, 4) is 0 Å². The highest BCUT2D eigenvalue weighted by atomic mass is 35.5. The van der Waals surface area contributed by atoms with Crippen molar-refractivity contribution in [2.75, 3.05) is 0 Å². The van der Waals surface area contributed by atoms with Crippen molar-refractivity contribution in [2.45, 2.75) is 30.7 Å². The third-order valence-electron chi connectivity index (χ3n) is 2.90. The molecule has 96 valence electrons. The van der Waals surface area contributed by atoms with Crippen molar-refractivity contribution in [3.63, 3.8) is 0 Å². The van der Waals surface area contributed by atoms with Gasteiger partial charge in [-0.2, -0.15) is 13.2 Å². The maximum absolute atomic E-state index is 14.0. The van der Waals surface area contributed by atoms with Crippen LogP contribution in [0.5, 0.6) is 0 Å². The molecule has 0 bridgehead atoms. The molecular weight excluding hydrogens is 258 g/mol. The van der Waals surface area contributed by atoms with Crippen molar-refractivity contribution < 1.29 is 17.6 Å². The number of nitrogens with two attached hydrogens (primary N) is 1. The topological polar surface area (TPSA) is 26.0 Å². The summed E-state index contributed by atoms with van der Waals surface area (Å²) < 4.78 is 50.7. The number of alkyl halides is 4. The van der Waals surface area contributed by atoms with Gasteiger partial charge in [0, 0.05) is 18.9 Å². The molecular formula is C11H12ClF4N. The summed E-state index contributed by atoms with van der Waals surface area (Å²) in [5.41, 5.74) is 3.45. The highest BCUT2D eigenvalue weighted by Crippen LogP contribution is 2.44. The van der Waals surface area contributed by atoms with E-state index in [9.17, 15) is 17.6 Å². The van der Waals surface area contributed by atoms with E-state index >= 15 is 0 Å². The van der Waals surface area contributed by atoms with E-state index in [1.807, 2.05) is 0 Å². The molecule has 0 heterocycles. The molecule has 6 heteroatoms. The molecule has 0 aromatic heterocycles. The van der Waals surface area contributed by atoms with Crippen molar-refractivity contribution in [2.24, 2.45) is 5.73 Å². The summed E-state index contributed by atoms with van der Waals surface area (Å²) in [6.07, 6.45) is -4.02. The number of hydrogen-bond acceptors (Lipinski definition) is 1. The molecule has 0 atom stereocenters. The molecule has 17 heavy (non-hydrogen) atoms. The van der Waals surface area contributed by atoms with E-state index in [-0.39, 0.29) is 36.9 Å². The molecule has 0 amide bonds. The average Bonchev–Trinajstić information content (AvgIpc) is 2.14. The third-order valence-corrected chi connectivity index (χ3v) is 2.90. The van der Waals surface area contributed by atoms with Gasteiger partial charge in [0.2, 0.25) is 0 Å². The van der Waals surface area contributed by atoms with Gasteiger partial charge in [0.15, 0.2) is 0 Å². The second kappa shape index (κ2) is 4.46. The van der Waals surface area contributed by atoms with Gasteiger partial charge >= 0.3 is 6.18 Å². The smallest absolute Gasteiger partial charge is 0.327 e. The molecule has 0 unspecified atom stereocenters. The fourth-order valence-corrected chi connectivity index (χ4v) is 1.96. The van der Waals surface area contributed by atoms with E-state index in [1.165, 1.54) is 12.1 Å². The second-order valence-electron chi connectivity index (χ2n) is 4.21.